The molecule has 2 N–H and O–H groups in total. The molecule has 0 amide bonds. The normalized spacial score (nSPS) is 15.9. The lowest BCUT2D eigenvalue weighted by Gasteiger charge is -2.15. The number of benzene rings is 1. The van der Waals surface area contributed by atoms with Crippen molar-refractivity contribution >= 4 is 11.6 Å². The van der Waals surface area contributed by atoms with Gasteiger partial charge >= 0.3 is 0 Å². The Kier molecular flexibility index (Phi) is 4.00. The van der Waals surface area contributed by atoms with Gasteiger partial charge in [0.15, 0.2) is 0 Å². The van der Waals surface area contributed by atoms with Gasteiger partial charge in [-0.15, -0.1) is 0 Å². The number of aromatic nitrogens is 2. The standard InChI is InChI=1S/C14H17ClN4O/c15-12-7-10(14-17-13(8-16)20-18-14)3-4-11(12)9-19-5-1-2-6-19/h3-4,7H,1-2,5-6,8-9,16H2. The lowest BCUT2D eigenvalue weighted by Crippen LogP contribution is -2.18. The maximum Gasteiger partial charge on any atom is 0.240 e. The zero-order valence-corrected chi connectivity index (χ0v) is 11.9. The van der Waals surface area contributed by atoms with Crippen LogP contribution in [0.5, 0.6) is 0 Å². The van der Waals surface area contributed by atoms with E-state index < -0.39 is 0 Å². The predicted molar refractivity (Wildman–Crippen MR) is 77.1 cm³/mol. The van der Waals surface area contributed by atoms with Crippen molar-refractivity contribution in [1.82, 2.24) is 15.0 Å². The van der Waals surface area contributed by atoms with Crippen LogP contribution in [0.2, 0.25) is 5.02 Å². The second kappa shape index (κ2) is 5.91. The van der Waals surface area contributed by atoms with Crippen molar-refractivity contribution in [2.75, 3.05) is 13.1 Å². The fourth-order valence-electron chi connectivity index (χ4n) is 2.45. The molecule has 0 unspecified atom stereocenters. The minimum absolute atomic E-state index is 0.244. The highest BCUT2D eigenvalue weighted by atomic mass is 35.5. The topological polar surface area (TPSA) is 68.2 Å². The van der Waals surface area contributed by atoms with Crippen LogP contribution in [0.15, 0.2) is 22.7 Å². The largest absolute Gasteiger partial charge is 0.338 e. The molecule has 0 bridgehead atoms. The summed E-state index contributed by atoms with van der Waals surface area (Å²) < 4.78 is 5.01. The van der Waals surface area contributed by atoms with Gasteiger partial charge in [-0.2, -0.15) is 4.98 Å². The molecule has 20 heavy (non-hydrogen) atoms. The highest BCUT2D eigenvalue weighted by Gasteiger charge is 2.15. The molecular formula is C14H17ClN4O. The molecule has 0 atom stereocenters. The van der Waals surface area contributed by atoms with Crippen LogP contribution in [0.1, 0.15) is 24.3 Å². The van der Waals surface area contributed by atoms with Gasteiger partial charge < -0.3 is 10.3 Å². The molecule has 1 saturated heterocycles. The average molecular weight is 293 g/mol. The monoisotopic (exact) mass is 292 g/mol. The number of nitrogens with zero attached hydrogens (tertiary/aromatic N) is 3. The summed E-state index contributed by atoms with van der Waals surface area (Å²) in [4.78, 5) is 6.62. The smallest absolute Gasteiger partial charge is 0.240 e. The Morgan fingerprint density at radius 3 is 2.75 bits per heavy atom. The predicted octanol–water partition coefficient (Wildman–Crippen LogP) is 2.44. The molecule has 1 aromatic heterocycles. The fourth-order valence-corrected chi connectivity index (χ4v) is 2.69. The van der Waals surface area contributed by atoms with Crippen LogP contribution in [0.4, 0.5) is 0 Å². The van der Waals surface area contributed by atoms with Crippen LogP contribution in [-0.2, 0) is 13.1 Å². The molecule has 5 nitrogen and oxygen atoms in total. The highest BCUT2D eigenvalue weighted by Crippen LogP contribution is 2.25. The third-order valence-electron chi connectivity index (χ3n) is 3.55. The second-order valence-electron chi connectivity index (χ2n) is 5.01. The quantitative estimate of drug-likeness (QED) is 0.937. The Labute approximate surface area is 122 Å². The van der Waals surface area contributed by atoms with Crippen LogP contribution in [0, 0.1) is 0 Å². The molecule has 1 fully saturated rings. The van der Waals surface area contributed by atoms with Gasteiger partial charge in [0.1, 0.15) is 0 Å². The summed E-state index contributed by atoms with van der Waals surface area (Å²) in [6, 6.07) is 5.90. The number of halogens is 1. The van der Waals surface area contributed by atoms with Gasteiger partial charge in [0.05, 0.1) is 6.54 Å². The molecule has 0 aliphatic carbocycles. The summed E-state index contributed by atoms with van der Waals surface area (Å²) >= 11 is 6.36. The number of likely N-dealkylation sites (tertiary alicyclic amines) is 1. The molecule has 1 aliphatic heterocycles. The molecule has 1 aromatic carbocycles. The maximum atomic E-state index is 6.36. The molecule has 0 spiro atoms. The van der Waals surface area contributed by atoms with E-state index in [1.807, 2.05) is 18.2 Å². The van der Waals surface area contributed by atoms with Gasteiger partial charge in [0.25, 0.3) is 0 Å². The van der Waals surface area contributed by atoms with Gasteiger partial charge in [-0.1, -0.05) is 28.9 Å². The van der Waals surface area contributed by atoms with E-state index in [2.05, 4.69) is 15.0 Å². The number of nitrogens with two attached hydrogens (primary N) is 1. The Balaban J connectivity index is 1.79. The van der Waals surface area contributed by atoms with Crippen LogP contribution >= 0.6 is 11.6 Å². The van der Waals surface area contributed by atoms with E-state index in [0.29, 0.717) is 11.7 Å². The van der Waals surface area contributed by atoms with E-state index >= 15 is 0 Å². The van der Waals surface area contributed by atoms with Gasteiger partial charge in [-0.05, 0) is 37.6 Å². The van der Waals surface area contributed by atoms with Crippen LogP contribution in [-0.4, -0.2) is 28.1 Å². The van der Waals surface area contributed by atoms with Crippen molar-refractivity contribution < 1.29 is 4.52 Å². The van der Waals surface area contributed by atoms with Gasteiger partial charge in [0, 0.05) is 17.1 Å². The van der Waals surface area contributed by atoms with Crippen molar-refractivity contribution in [3.05, 3.63) is 34.7 Å². The minimum atomic E-state index is 0.244. The highest BCUT2D eigenvalue weighted by molar-refractivity contribution is 6.31. The molecule has 0 saturated carbocycles. The summed E-state index contributed by atoms with van der Waals surface area (Å²) in [5, 5.41) is 4.64. The summed E-state index contributed by atoms with van der Waals surface area (Å²) in [5.41, 5.74) is 7.45. The third-order valence-corrected chi connectivity index (χ3v) is 3.90. The maximum absolute atomic E-state index is 6.36. The fraction of sp³-hybridized carbons (Fsp3) is 0.429. The molecule has 0 radical (unpaired) electrons. The SMILES string of the molecule is NCc1nc(-c2ccc(CN3CCCC3)c(Cl)c2)no1. The average Bonchev–Trinajstić information content (AvgIpc) is 3.12. The Hall–Kier alpha value is -1.43. The molecule has 106 valence electrons. The van der Waals surface area contributed by atoms with Gasteiger partial charge in [0.2, 0.25) is 11.7 Å². The summed E-state index contributed by atoms with van der Waals surface area (Å²) in [5.74, 6) is 0.956. The van der Waals surface area contributed by atoms with Crippen molar-refractivity contribution in [1.29, 1.82) is 0 Å². The Morgan fingerprint density at radius 1 is 1.30 bits per heavy atom. The van der Waals surface area contributed by atoms with Crippen LogP contribution in [0.3, 0.4) is 0 Å². The Morgan fingerprint density at radius 2 is 2.10 bits per heavy atom. The third kappa shape index (κ3) is 2.85. The van der Waals surface area contributed by atoms with Gasteiger partial charge in [-0.25, -0.2) is 0 Å². The van der Waals surface area contributed by atoms with E-state index in [-0.39, 0.29) is 6.54 Å². The summed E-state index contributed by atoms with van der Waals surface area (Å²) in [6.07, 6.45) is 2.56. The lowest BCUT2D eigenvalue weighted by molar-refractivity contribution is 0.331. The number of hydrogen-bond acceptors (Lipinski definition) is 5. The summed E-state index contributed by atoms with van der Waals surface area (Å²) in [7, 11) is 0. The first-order valence-electron chi connectivity index (χ1n) is 6.80. The van der Waals surface area contributed by atoms with Crippen molar-refractivity contribution in [3.8, 4) is 11.4 Å². The molecule has 3 rings (SSSR count). The van der Waals surface area contributed by atoms with E-state index in [9.17, 15) is 0 Å². The zero-order valence-electron chi connectivity index (χ0n) is 11.2. The summed E-state index contributed by atoms with van der Waals surface area (Å²) in [6.45, 7) is 3.46. The van der Waals surface area contributed by atoms with E-state index in [0.717, 1.165) is 35.8 Å². The first-order valence-corrected chi connectivity index (χ1v) is 7.18. The molecule has 6 heteroatoms. The van der Waals surface area contributed by atoms with E-state index in [1.54, 1.807) is 0 Å². The minimum Gasteiger partial charge on any atom is -0.338 e. The number of hydrogen-bond donors (Lipinski definition) is 1. The van der Waals surface area contributed by atoms with E-state index in [4.69, 9.17) is 21.9 Å². The van der Waals surface area contributed by atoms with Crippen molar-refractivity contribution in [2.45, 2.75) is 25.9 Å². The van der Waals surface area contributed by atoms with Crippen molar-refractivity contribution in [2.24, 2.45) is 5.73 Å². The van der Waals surface area contributed by atoms with Crippen molar-refractivity contribution in [3.63, 3.8) is 0 Å². The molecule has 1 aliphatic rings. The van der Waals surface area contributed by atoms with E-state index in [1.165, 1.54) is 12.8 Å². The second-order valence-corrected chi connectivity index (χ2v) is 5.41. The first-order chi connectivity index (χ1) is 9.76. The zero-order chi connectivity index (χ0) is 13.9. The molecule has 2 aromatic rings. The molecular weight excluding hydrogens is 276 g/mol. The lowest BCUT2D eigenvalue weighted by atomic mass is 10.1. The van der Waals surface area contributed by atoms with Crippen LogP contribution < -0.4 is 5.73 Å². The van der Waals surface area contributed by atoms with Crippen LogP contribution in [0.25, 0.3) is 11.4 Å². The number of rotatable bonds is 4. The Bertz CT molecular complexity index is 593. The van der Waals surface area contributed by atoms with Gasteiger partial charge in [-0.3, -0.25) is 4.90 Å². The molecule has 2 heterocycles. The first kappa shape index (κ1) is 13.5.